The van der Waals surface area contributed by atoms with Gasteiger partial charge >= 0.3 is 59.1 Å². The van der Waals surface area contributed by atoms with E-state index in [0.29, 0.717) is 0 Å². The van der Waals surface area contributed by atoms with Crippen molar-refractivity contribution >= 4 is 0 Å². The third-order valence-corrected chi connectivity index (χ3v) is 0. The summed E-state index contributed by atoms with van der Waals surface area (Å²) in [7, 11) is 0. The molecule has 0 aliphatic heterocycles. The third kappa shape index (κ3) is 5590. The zero-order valence-corrected chi connectivity index (χ0v) is 9.83. The SMILES string of the molecule is O=[N+]([O-])O.O=[N+]([O-])O.[Na+].[Na+].[O-2]. The molecule has 0 saturated heterocycles. The van der Waals surface area contributed by atoms with Gasteiger partial charge in [0.05, 0.1) is 0 Å². The molecule has 0 heterocycles. The van der Waals surface area contributed by atoms with E-state index >= 15 is 0 Å². The molecule has 0 fully saturated rings. The minimum Gasteiger partial charge on any atom is -2.00 e. The average Bonchev–Trinajstić information content (AvgIpc) is 1.25. The van der Waals surface area contributed by atoms with Crippen LogP contribution in [0.4, 0.5) is 0 Å². The fourth-order valence-corrected chi connectivity index (χ4v) is 0. The van der Waals surface area contributed by atoms with Gasteiger partial charge < -0.3 is 15.9 Å². The predicted molar refractivity (Wildman–Crippen MR) is 18.2 cm³/mol. The first kappa shape index (κ1) is 30.1. The van der Waals surface area contributed by atoms with E-state index < -0.39 is 10.2 Å². The molecule has 0 unspecified atom stereocenters. The smallest absolute Gasteiger partial charge is 1.00 e. The maximum atomic E-state index is 8.36. The van der Waals surface area contributed by atoms with Gasteiger partial charge in [0, 0.05) is 0 Å². The van der Waals surface area contributed by atoms with Crippen LogP contribution in [0.1, 0.15) is 0 Å². The Bertz CT molecular complexity index is 72.4. The third-order valence-electron chi connectivity index (χ3n) is 0. The summed E-state index contributed by atoms with van der Waals surface area (Å²) >= 11 is 0. The number of rotatable bonds is 0. The van der Waals surface area contributed by atoms with E-state index in [1.165, 1.54) is 0 Å². The molecule has 0 aliphatic carbocycles. The molecule has 0 saturated carbocycles. The van der Waals surface area contributed by atoms with Crippen molar-refractivity contribution in [3.8, 4) is 0 Å². The minimum atomic E-state index is -1.50. The summed E-state index contributed by atoms with van der Waals surface area (Å²) in [4.78, 5) is 16.7. The van der Waals surface area contributed by atoms with Crippen molar-refractivity contribution in [2.75, 3.05) is 0 Å². The van der Waals surface area contributed by atoms with E-state index in [9.17, 15) is 0 Å². The van der Waals surface area contributed by atoms with Crippen LogP contribution in [0.5, 0.6) is 0 Å². The number of nitrogens with zero attached hydrogens (tertiary/aromatic N) is 2. The molecule has 0 rings (SSSR count). The van der Waals surface area contributed by atoms with Crippen LogP contribution in [0.2, 0.25) is 0 Å². The van der Waals surface area contributed by atoms with Crippen LogP contribution in [0.3, 0.4) is 0 Å². The van der Waals surface area contributed by atoms with E-state index in [1.54, 1.807) is 0 Å². The molecular formula is H2N2Na2O7. The summed E-state index contributed by atoms with van der Waals surface area (Å²) in [6.45, 7) is 0. The molecule has 0 amide bonds. The first-order chi connectivity index (χ1) is 3.46. The fraction of sp³-hybridized carbons (Fsp3) is 0. The van der Waals surface area contributed by atoms with Gasteiger partial charge in [-0.05, 0) is 0 Å². The second-order valence-electron chi connectivity index (χ2n) is 0.476. The monoisotopic (exact) mass is 188 g/mol. The van der Waals surface area contributed by atoms with Crippen LogP contribution in [-0.4, -0.2) is 20.6 Å². The average molecular weight is 188 g/mol. The normalized spacial score (nSPS) is 4.36. The molecule has 11 heavy (non-hydrogen) atoms. The Balaban J connectivity index is -0.0000000171. The molecule has 2 N–H and O–H groups in total. The second-order valence-corrected chi connectivity index (χ2v) is 0.476. The van der Waals surface area contributed by atoms with Crippen LogP contribution >= 0.6 is 0 Å². The van der Waals surface area contributed by atoms with Crippen molar-refractivity contribution in [2.24, 2.45) is 0 Å². The van der Waals surface area contributed by atoms with Gasteiger partial charge in [0.15, 0.2) is 0 Å². The Labute approximate surface area is 104 Å². The molecule has 0 aliphatic rings. The molecule has 0 atom stereocenters. The summed E-state index contributed by atoms with van der Waals surface area (Å²) < 4.78 is 0. The molecule has 56 valence electrons. The Hall–Kier alpha value is 0.360. The van der Waals surface area contributed by atoms with Gasteiger partial charge in [0.1, 0.15) is 0 Å². The van der Waals surface area contributed by atoms with Gasteiger partial charge in [0.25, 0.3) is 10.2 Å². The summed E-state index contributed by atoms with van der Waals surface area (Å²) in [5, 5.41) is 27.3. The van der Waals surface area contributed by atoms with Gasteiger partial charge in [-0.15, -0.1) is 20.2 Å². The quantitative estimate of drug-likeness (QED) is 0.218. The van der Waals surface area contributed by atoms with Gasteiger partial charge in [-0.25, -0.2) is 0 Å². The van der Waals surface area contributed by atoms with E-state index in [-0.39, 0.29) is 64.6 Å². The van der Waals surface area contributed by atoms with E-state index in [4.69, 9.17) is 30.6 Å². The van der Waals surface area contributed by atoms with E-state index in [1.807, 2.05) is 0 Å². The molecule has 0 spiro atoms. The van der Waals surface area contributed by atoms with Crippen molar-refractivity contribution in [2.45, 2.75) is 0 Å². The maximum absolute atomic E-state index is 8.36. The Morgan fingerprint density at radius 2 is 0.909 bits per heavy atom. The van der Waals surface area contributed by atoms with Gasteiger partial charge in [-0.1, -0.05) is 0 Å². The molecule has 0 radical (unpaired) electrons. The molecule has 11 heteroatoms. The van der Waals surface area contributed by atoms with Crippen LogP contribution in [-0.2, 0) is 5.48 Å². The maximum Gasteiger partial charge on any atom is 1.00 e. The van der Waals surface area contributed by atoms with Crippen molar-refractivity contribution in [1.82, 2.24) is 0 Å². The Morgan fingerprint density at radius 3 is 0.909 bits per heavy atom. The van der Waals surface area contributed by atoms with Crippen LogP contribution in [0, 0.1) is 20.2 Å². The minimum absolute atomic E-state index is 0. The topological polar surface area (TPSA) is 155 Å². The standard InChI is InChI=1S/2HNO3.2Na.O/c2*2-1(3)4;;;/h2*(H,2,3,4);;;/q;;2*+1;-2. The van der Waals surface area contributed by atoms with Crippen LogP contribution in [0.25, 0.3) is 0 Å². The number of hydrogen-bond donors (Lipinski definition) is 2. The molecule has 0 bridgehead atoms. The molecule has 9 nitrogen and oxygen atoms in total. The van der Waals surface area contributed by atoms with Crippen molar-refractivity contribution in [3.63, 3.8) is 0 Å². The first-order valence-corrected chi connectivity index (χ1v) is 1.13. The Kier molecular flexibility index (Phi) is 61.5. The molecule has 0 aromatic heterocycles. The fourth-order valence-electron chi connectivity index (χ4n) is 0. The summed E-state index contributed by atoms with van der Waals surface area (Å²) in [6, 6.07) is 0. The summed E-state index contributed by atoms with van der Waals surface area (Å²) in [5.74, 6) is 0. The first-order valence-electron chi connectivity index (χ1n) is 1.13. The van der Waals surface area contributed by atoms with E-state index in [2.05, 4.69) is 0 Å². The van der Waals surface area contributed by atoms with Gasteiger partial charge in [-0.2, -0.15) is 0 Å². The zero-order valence-electron chi connectivity index (χ0n) is 5.83. The van der Waals surface area contributed by atoms with Crippen LogP contribution < -0.4 is 59.1 Å². The second kappa shape index (κ2) is 22.4. The van der Waals surface area contributed by atoms with Crippen molar-refractivity contribution in [3.05, 3.63) is 20.2 Å². The van der Waals surface area contributed by atoms with Gasteiger partial charge in [-0.3, -0.25) is 0 Å². The van der Waals surface area contributed by atoms with E-state index in [0.717, 1.165) is 0 Å². The summed E-state index contributed by atoms with van der Waals surface area (Å²) in [6.07, 6.45) is 0. The molecular weight excluding hydrogens is 186 g/mol. The van der Waals surface area contributed by atoms with Gasteiger partial charge in [0.2, 0.25) is 0 Å². The number of hydrogen-bond acceptors (Lipinski definition) is 4. The molecule has 0 aromatic carbocycles. The van der Waals surface area contributed by atoms with Crippen LogP contribution in [0.15, 0.2) is 0 Å². The summed E-state index contributed by atoms with van der Waals surface area (Å²) in [5.41, 5.74) is 0. The molecule has 0 aromatic rings. The van der Waals surface area contributed by atoms with Crippen molar-refractivity contribution in [1.29, 1.82) is 0 Å². The largest absolute Gasteiger partial charge is 2.00 e. The predicted octanol–water partition coefficient (Wildman–Crippen LogP) is -6.81. The Morgan fingerprint density at radius 1 is 0.909 bits per heavy atom. The zero-order chi connectivity index (χ0) is 7.15. The van der Waals surface area contributed by atoms with Crippen molar-refractivity contribution < 1.29 is 85.2 Å².